The summed E-state index contributed by atoms with van der Waals surface area (Å²) in [5, 5.41) is 10.2. The van der Waals surface area contributed by atoms with Crippen LogP contribution in [0.25, 0.3) is 17.1 Å². The maximum atomic E-state index is 12.6. The number of hydrogen-bond donors (Lipinski definition) is 0. The molecule has 0 aliphatic heterocycles. The number of Topliss-reactive ketones (excluding diaryl/α,β-unsaturated/α-hetero) is 1. The fraction of sp³-hybridized carbons (Fsp3) is 0.136. The van der Waals surface area contributed by atoms with Crippen LogP contribution in [0.2, 0.25) is 14.4 Å². The molecule has 2 aromatic heterocycles. The summed E-state index contributed by atoms with van der Waals surface area (Å²) in [5.41, 5.74) is 1.34. The van der Waals surface area contributed by atoms with Gasteiger partial charge in [-0.3, -0.25) is 9.36 Å². The number of methoxy groups -OCH3 is 2. The van der Waals surface area contributed by atoms with Crippen LogP contribution in [0.15, 0.2) is 53.7 Å². The quantitative estimate of drug-likeness (QED) is 0.178. The molecule has 0 unspecified atom stereocenters. The molecule has 170 valence electrons. The molecule has 0 bridgehead atoms. The zero-order valence-electron chi connectivity index (χ0n) is 17.3. The third-order valence-electron chi connectivity index (χ3n) is 4.61. The largest absolute Gasteiger partial charge is 0.496 e. The first kappa shape index (κ1) is 23.9. The second-order valence-electron chi connectivity index (χ2n) is 6.62. The Bertz CT molecular complexity index is 1320. The van der Waals surface area contributed by atoms with E-state index in [2.05, 4.69) is 10.2 Å². The Morgan fingerprint density at radius 2 is 1.76 bits per heavy atom. The van der Waals surface area contributed by atoms with E-state index in [-0.39, 0.29) is 11.5 Å². The van der Waals surface area contributed by atoms with Gasteiger partial charge in [0.05, 0.1) is 45.5 Å². The minimum absolute atomic E-state index is 0.0545. The van der Waals surface area contributed by atoms with Gasteiger partial charge >= 0.3 is 0 Å². The van der Waals surface area contributed by atoms with Crippen molar-refractivity contribution in [2.24, 2.45) is 0 Å². The number of aromatic nitrogens is 3. The van der Waals surface area contributed by atoms with E-state index in [0.717, 1.165) is 0 Å². The lowest BCUT2D eigenvalue weighted by atomic mass is 10.2. The van der Waals surface area contributed by atoms with Crippen LogP contribution in [0, 0.1) is 0 Å². The molecule has 4 aromatic rings. The number of halogens is 3. The van der Waals surface area contributed by atoms with Crippen LogP contribution in [0.5, 0.6) is 11.5 Å². The summed E-state index contributed by atoms with van der Waals surface area (Å²) >= 11 is 21.1. The number of ether oxygens (including phenoxy) is 2. The van der Waals surface area contributed by atoms with Gasteiger partial charge in [0, 0.05) is 5.02 Å². The fourth-order valence-corrected chi connectivity index (χ4v) is 5.42. The number of thioether (sulfide) groups is 1. The van der Waals surface area contributed by atoms with Gasteiger partial charge in [0.1, 0.15) is 11.5 Å². The predicted molar refractivity (Wildman–Crippen MR) is 134 cm³/mol. The number of hydrogen-bond acceptors (Lipinski definition) is 7. The minimum atomic E-state index is -0.0545. The summed E-state index contributed by atoms with van der Waals surface area (Å²) in [4.78, 5) is 13.2. The Labute approximate surface area is 213 Å². The molecule has 6 nitrogen and oxygen atoms in total. The Kier molecular flexibility index (Phi) is 7.51. The summed E-state index contributed by atoms with van der Waals surface area (Å²) in [5.74, 6) is 1.71. The first-order chi connectivity index (χ1) is 15.9. The highest BCUT2D eigenvalue weighted by atomic mass is 35.5. The SMILES string of the molecule is COc1ccc(-n2c(SCC(=O)c3ccc(Cl)s3)nnc2-c2cc(Cl)ccc2OC)cc1Cl. The van der Waals surface area contributed by atoms with E-state index in [4.69, 9.17) is 44.3 Å². The minimum Gasteiger partial charge on any atom is -0.496 e. The van der Waals surface area contributed by atoms with Crippen LogP contribution < -0.4 is 9.47 Å². The van der Waals surface area contributed by atoms with E-state index in [9.17, 15) is 4.79 Å². The lowest BCUT2D eigenvalue weighted by Gasteiger charge is -2.14. The summed E-state index contributed by atoms with van der Waals surface area (Å²) in [7, 11) is 3.11. The van der Waals surface area contributed by atoms with Crippen LogP contribution in [-0.4, -0.2) is 40.5 Å². The second kappa shape index (κ2) is 10.4. The van der Waals surface area contributed by atoms with E-state index >= 15 is 0 Å². The number of nitrogens with zero attached hydrogens (tertiary/aromatic N) is 3. The number of ketones is 1. The molecule has 0 amide bonds. The molecular weight excluding hydrogens is 525 g/mol. The van der Waals surface area contributed by atoms with Crippen LogP contribution in [0.3, 0.4) is 0 Å². The summed E-state index contributed by atoms with van der Waals surface area (Å²) in [6, 6.07) is 14.0. The maximum Gasteiger partial charge on any atom is 0.196 e. The first-order valence-electron chi connectivity index (χ1n) is 9.46. The standard InChI is InChI=1S/C22H16Cl3N3O3S2/c1-30-17-5-3-12(23)9-14(17)21-26-27-22(32-11-16(29)19-7-8-20(25)33-19)28(21)13-4-6-18(31-2)15(24)10-13/h3-10H,11H2,1-2H3. The van der Waals surface area contributed by atoms with Crippen molar-refractivity contribution in [1.82, 2.24) is 14.8 Å². The van der Waals surface area contributed by atoms with Crippen molar-refractivity contribution >= 4 is 63.7 Å². The van der Waals surface area contributed by atoms with Gasteiger partial charge in [-0.25, -0.2) is 0 Å². The number of benzene rings is 2. The second-order valence-corrected chi connectivity index (χ2v) is 10.1. The fourth-order valence-electron chi connectivity index (χ4n) is 3.09. The highest BCUT2D eigenvalue weighted by Gasteiger charge is 2.21. The summed E-state index contributed by atoms with van der Waals surface area (Å²) in [6.07, 6.45) is 0. The molecule has 0 saturated carbocycles. The Balaban J connectivity index is 1.78. The van der Waals surface area contributed by atoms with Gasteiger partial charge in [0.25, 0.3) is 0 Å². The zero-order valence-corrected chi connectivity index (χ0v) is 21.2. The number of rotatable bonds is 8. The molecule has 2 heterocycles. The maximum absolute atomic E-state index is 12.6. The third kappa shape index (κ3) is 5.15. The van der Waals surface area contributed by atoms with E-state index < -0.39 is 0 Å². The molecule has 0 N–H and O–H groups in total. The third-order valence-corrected chi connectivity index (χ3v) is 7.34. The van der Waals surface area contributed by atoms with E-state index in [1.54, 1.807) is 61.3 Å². The van der Waals surface area contributed by atoms with Gasteiger partial charge in [-0.05, 0) is 48.5 Å². The Hall–Kier alpha value is -2.23. The van der Waals surface area contributed by atoms with Crippen molar-refractivity contribution in [3.63, 3.8) is 0 Å². The highest BCUT2D eigenvalue weighted by molar-refractivity contribution is 7.99. The van der Waals surface area contributed by atoms with Crippen molar-refractivity contribution in [2.75, 3.05) is 20.0 Å². The lowest BCUT2D eigenvalue weighted by Crippen LogP contribution is -2.04. The number of carbonyl (C=O) groups excluding carboxylic acids is 1. The van der Waals surface area contributed by atoms with Gasteiger partial charge in [-0.1, -0.05) is 46.6 Å². The van der Waals surface area contributed by atoms with Crippen molar-refractivity contribution in [1.29, 1.82) is 0 Å². The number of thiophene rings is 1. The lowest BCUT2D eigenvalue weighted by molar-refractivity contribution is 0.102. The van der Waals surface area contributed by atoms with Crippen LogP contribution in [0.1, 0.15) is 9.67 Å². The Morgan fingerprint density at radius 1 is 1.00 bits per heavy atom. The molecule has 0 saturated heterocycles. The average molecular weight is 541 g/mol. The topological polar surface area (TPSA) is 66.2 Å². The highest BCUT2D eigenvalue weighted by Crippen LogP contribution is 2.37. The van der Waals surface area contributed by atoms with Crippen molar-refractivity contribution in [2.45, 2.75) is 5.16 Å². The van der Waals surface area contributed by atoms with Crippen molar-refractivity contribution in [3.05, 3.63) is 67.8 Å². The molecule has 2 aromatic carbocycles. The molecule has 0 aliphatic carbocycles. The summed E-state index contributed by atoms with van der Waals surface area (Å²) < 4.78 is 13.2. The molecular formula is C22H16Cl3N3O3S2. The number of carbonyl (C=O) groups is 1. The average Bonchev–Trinajstić information content (AvgIpc) is 3.43. The van der Waals surface area contributed by atoms with Crippen LogP contribution >= 0.6 is 57.9 Å². The molecule has 0 spiro atoms. The smallest absolute Gasteiger partial charge is 0.196 e. The van der Waals surface area contributed by atoms with E-state index in [0.29, 0.717) is 53.0 Å². The molecule has 33 heavy (non-hydrogen) atoms. The molecule has 0 radical (unpaired) electrons. The van der Waals surface area contributed by atoms with Gasteiger partial charge in [0.15, 0.2) is 16.8 Å². The molecule has 4 rings (SSSR count). The van der Waals surface area contributed by atoms with E-state index in [1.165, 1.54) is 23.1 Å². The van der Waals surface area contributed by atoms with Crippen molar-refractivity contribution < 1.29 is 14.3 Å². The molecule has 0 atom stereocenters. The van der Waals surface area contributed by atoms with Gasteiger partial charge < -0.3 is 9.47 Å². The first-order valence-corrected chi connectivity index (χ1v) is 12.4. The normalized spacial score (nSPS) is 10.9. The summed E-state index contributed by atoms with van der Waals surface area (Å²) in [6.45, 7) is 0. The van der Waals surface area contributed by atoms with Crippen molar-refractivity contribution in [3.8, 4) is 28.6 Å². The van der Waals surface area contributed by atoms with Gasteiger partial charge in [-0.2, -0.15) is 0 Å². The molecule has 0 aliphatic rings. The monoisotopic (exact) mass is 539 g/mol. The molecule has 0 fully saturated rings. The van der Waals surface area contributed by atoms with Gasteiger partial charge in [0.2, 0.25) is 0 Å². The van der Waals surface area contributed by atoms with Crippen LogP contribution in [-0.2, 0) is 0 Å². The van der Waals surface area contributed by atoms with E-state index in [1.807, 2.05) is 6.07 Å². The predicted octanol–water partition coefficient (Wildman–Crippen LogP) is 6.95. The Morgan fingerprint density at radius 3 is 2.42 bits per heavy atom. The van der Waals surface area contributed by atoms with Gasteiger partial charge in [-0.15, -0.1) is 21.5 Å². The zero-order chi connectivity index (χ0) is 23.5. The molecule has 11 heteroatoms. The van der Waals surface area contributed by atoms with Crippen LogP contribution in [0.4, 0.5) is 0 Å².